The van der Waals surface area contributed by atoms with Crippen LogP contribution in [-0.4, -0.2) is 30.6 Å². The molecule has 0 radical (unpaired) electrons. The summed E-state index contributed by atoms with van der Waals surface area (Å²) in [6, 6.07) is -0.463. The van der Waals surface area contributed by atoms with Crippen molar-refractivity contribution in [2.24, 2.45) is 5.73 Å². The highest BCUT2D eigenvalue weighted by molar-refractivity contribution is 7.98. The van der Waals surface area contributed by atoms with E-state index in [-0.39, 0.29) is 18.4 Å². The number of hydrogen-bond acceptors (Lipinski definition) is 4. The normalized spacial score (nSPS) is 11.5. The molecule has 0 unspecified atom stereocenters. The van der Waals surface area contributed by atoms with E-state index in [1.807, 2.05) is 6.26 Å². The van der Waals surface area contributed by atoms with Gasteiger partial charge in [-0.25, -0.2) is 0 Å². The minimum Gasteiger partial charge on any atom is -0.465 e. The van der Waals surface area contributed by atoms with Crippen LogP contribution in [0.15, 0.2) is 0 Å². The number of nitrogens with two attached hydrogens (primary N) is 1. The van der Waals surface area contributed by atoms with E-state index in [0.29, 0.717) is 12.4 Å². The molecule has 5 heteroatoms. The van der Waals surface area contributed by atoms with Crippen molar-refractivity contribution < 1.29 is 9.53 Å². The summed E-state index contributed by atoms with van der Waals surface area (Å²) >= 11 is 1.54. The Bertz CT molecular complexity index is 113. The molecule has 3 nitrogen and oxygen atoms in total. The number of rotatable bonds is 4. The van der Waals surface area contributed by atoms with E-state index in [2.05, 4.69) is 4.74 Å². The van der Waals surface area contributed by atoms with Crippen molar-refractivity contribution in [1.29, 1.82) is 0 Å². The van der Waals surface area contributed by atoms with Crippen LogP contribution in [0.2, 0.25) is 0 Å². The fourth-order valence-electron chi connectivity index (χ4n) is 0.497. The SMILES string of the molecule is CCOC(=O)[C@@H](N)CSC.Cl. The van der Waals surface area contributed by atoms with Gasteiger partial charge in [0.1, 0.15) is 6.04 Å². The molecule has 0 aliphatic rings. The number of thioether (sulfide) groups is 1. The minimum absolute atomic E-state index is 0. The molecule has 11 heavy (non-hydrogen) atoms. The molecule has 0 aliphatic carbocycles. The molecule has 0 aliphatic heterocycles. The number of hydrogen-bond donors (Lipinski definition) is 1. The Morgan fingerprint density at radius 3 is 2.64 bits per heavy atom. The second-order valence-electron chi connectivity index (χ2n) is 1.81. The standard InChI is InChI=1S/C6H13NO2S.ClH/c1-3-9-6(8)5(7)4-10-2;/h5H,3-4,7H2,1-2H3;1H/t5-;/m0./s1. The first kappa shape index (κ1) is 13.6. The molecular formula is C6H14ClNO2S. The van der Waals surface area contributed by atoms with Gasteiger partial charge in [-0.05, 0) is 13.2 Å². The molecule has 68 valence electrons. The summed E-state index contributed by atoms with van der Waals surface area (Å²) < 4.78 is 4.68. The van der Waals surface area contributed by atoms with Gasteiger partial charge in [0.05, 0.1) is 6.61 Å². The van der Waals surface area contributed by atoms with E-state index in [0.717, 1.165) is 0 Å². The predicted molar refractivity (Wildman–Crippen MR) is 50.2 cm³/mol. The van der Waals surface area contributed by atoms with Crippen molar-refractivity contribution in [3.05, 3.63) is 0 Å². The molecule has 0 amide bonds. The number of carbonyl (C=O) groups is 1. The molecule has 1 atom stereocenters. The largest absolute Gasteiger partial charge is 0.465 e. The zero-order chi connectivity index (χ0) is 7.98. The topological polar surface area (TPSA) is 52.3 Å². The Hall–Kier alpha value is 0.0700. The highest BCUT2D eigenvalue weighted by atomic mass is 35.5. The van der Waals surface area contributed by atoms with Crippen molar-refractivity contribution in [3.8, 4) is 0 Å². The maximum Gasteiger partial charge on any atom is 0.323 e. The molecule has 0 heterocycles. The van der Waals surface area contributed by atoms with Crippen molar-refractivity contribution in [2.45, 2.75) is 13.0 Å². The van der Waals surface area contributed by atoms with Gasteiger partial charge < -0.3 is 10.5 Å². The van der Waals surface area contributed by atoms with Gasteiger partial charge in [-0.2, -0.15) is 11.8 Å². The zero-order valence-electron chi connectivity index (χ0n) is 6.70. The second kappa shape index (κ2) is 8.17. The van der Waals surface area contributed by atoms with Crippen LogP contribution in [0, 0.1) is 0 Å². The maximum absolute atomic E-state index is 10.8. The van der Waals surface area contributed by atoms with Crippen molar-refractivity contribution in [1.82, 2.24) is 0 Å². The monoisotopic (exact) mass is 199 g/mol. The van der Waals surface area contributed by atoms with Gasteiger partial charge in [-0.3, -0.25) is 4.79 Å². The maximum atomic E-state index is 10.8. The average molecular weight is 200 g/mol. The second-order valence-corrected chi connectivity index (χ2v) is 2.72. The minimum atomic E-state index is -0.463. The van der Waals surface area contributed by atoms with Gasteiger partial charge in [0.2, 0.25) is 0 Å². The lowest BCUT2D eigenvalue weighted by molar-refractivity contribution is -0.144. The van der Waals surface area contributed by atoms with Crippen LogP contribution in [0.3, 0.4) is 0 Å². The molecule has 0 aromatic rings. The van der Waals surface area contributed by atoms with E-state index in [1.165, 1.54) is 11.8 Å². The Morgan fingerprint density at radius 1 is 1.73 bits per heavy atom. The Kier molecular flexibility index (Phi) is 10.1. The summed E-state index contributed by atoms with van der Waals surface area (Å²) in [4.78, 5) is 10.8. The molecular weight excluding hydrogens is 186 g/mol. The lowest BCUT2D eigenvalue weighted by atomic mass is 10.4. The first-order valence-corrected chi connectivity index (χ1v) is 4.53. The van der Waals surface area contributed by atoms with Gasteiger partial charge in [0.15, 0.2) is 0 Å². The van der Waals surface area contributed by atoms with Crippen molar-refractivity contribution in [3.63, 3.8) is 0 Å². The van der Waals surface area contributed by atoms with Crippen molar-refractivity contribution in [2.75, 3.05) is 18.6 Å². The molecule has 0 aromatic heterocycles. The third-order valence-electron chi connectivity index (χ3n) is 0.936. The molecule has 0 aromatic carbocycles. The van der Waals surface area contributed by atoms with Crippen LogP contribution >= 0.6 is 24.2 Å². The first-order chi connectivity index (χ1) is 4.72. The first-order valence-electron chi connectivity index (χ1n) is 3.13. The molecule has 2 N–H and O–H groups in total. The van der Waals surface area contributed by atoms with E-state index >= 15 is 0 Å². The van der Waals surface area contributed by atoms with E-state index < -0.39 is 6.04 Å². The Balaban J connectivity index is 0. The summed E-state index contributed by atoms with van der Waals surface area (Å²) in [6.45, 7) is 2.17. The fraction of sp³-hybridized carbons (Fsp3) is 0.833. The molecule has 0 saturated heterocycles. The smallest absolute Gasteiger partial charge is 0.323 e. The van der Waals surface area contributed by atoms with Crippen LogP contribution in [0.4, 0.5) is 0 Å². The Morgan fingerprint density at radius 2 is 2.27 bits per heavy atom. The molecule has 0 spiro atoms. The average Bonchev–Trinajstić information content (AvgIpc) is 1.89. The summed E-state index contributed by atoms with van der Waals surface area (Å²) in [7, 11) is 0. The Labute approximate surface area is 77.5 Å². The lowest BCUT2D eigenvalue weighted by Crippen LogP contribution is -2.34. The summed E-state index contributed by atoms with van der Waals surface area (Å²) in [5.41, 5.74) is 5.42. The number of ether oxygens (including phenoxy) is 1. The predicted octanol–water partition coefficient (Wildman–Crippen LogP) is 0.662. The number of carbonyl (C=O) groups excluding carboxylic acids is 1. The van der Waals surface area contributed by atoms with E-state index in [9.17, 15) is 4.79 Å². The van der Waals surface area contributed by atoms with Crippen LogP contribution < -0.4 is 5.73 Å². The van der Waals surface area contributed by atoms with Crippen LogP contribution in [0.5, 0.6) is 0 Å². The van der Waals surface area contributed by atoms with Gasteiger partial charge in [-0.1, -0.05) is 0 Å². The zero-order valence-corrected chi connectivity index (χ0v) is 8.33. The summed E-state index contributed by atoms with van der Waals surface area (Å²) in [5.74, 6) is 0.315. The van der Waals surface area contributed by atoms with Crippen LogP contribution in [-0.2, 0) is 9.53 Å². The lowest BCUT2D eigenvalue weighted by Gasteiger charge is -2.07. The molecule has 0 rings (SSSR count). The molecule has 0 saturated carbocycles. The fourth-order valence-corrected chi connectivity index (χ4v) is 0.992. The van der Waals surface area contributed by atoms with Crippen molar-refractivity contribution >= 4 is 30.1 Å². The van der Waals surface area contributed by atoms with Gasteiger partial charge in [0.25, 0.3) is 0 Å². The third kappa shape index (κ3) is 6.47. The third-order valence-corrected chi connectivity index (χ3v) is 1.63. The summed E-state index contributed by atoms with van der Waals surface area (Å²) in [6.07, 6.45) is 1.90. The molecule has 0 fully saturated rings. The molecule has 0 bridgehead atoms. The van der Waals surface area contributed by atoms with Crippen LogP contribution in [0.1, 0.15) is 6.92 Å². The van der Waals surface area contributed by atoms with Gasteiger partial charge in [0, 0.05) is 5.75 Å². The summed E-state index contributed by atoms with van der Waals surface area (Å²) in [5, 5.41) is 0. The number of esters is 1. The quantitative estimate of drug-likeness (QED) is 0.676. The highest BCUT2D eigenvalue weighted by Crippen LogP contribution is 1.96. The number of halogens is 1. The van der Waals surface area contributed by atoms with Gasteiger partial charge >= 0.3 is 5.97 Å². The van der Waals surface area contributed by atoms with E-state index in [4.69, 9.17) is 5.73 Å². The van der Waals surface area contributed by atoms with Crippen LogP contribution in [0.25, 0.3) is 0 Å². The van der Waals surface area contributed by atoms with Gasteiger partial charge in [-0.15, -0.1) is 12.4 Å². The highest BCUT2D eigenvalue weighted by Gasteiger charge is 2.12. The van der Waals surface area contributed by atoms with E-state index in [1.54, 1.807) is 6.92 Å².